The van der Waals surface area contributed by atoms with Gasteiger partial charge in [-0.2, -0.15) is 0 Å². The summed E-state index contributed by atoms with van der Waals surface area (Å²) in [7, 11) is 1.63. The molecule has 2 N–H and O–H groups in total. The largest absolute Gasteiger partial charge is 0.334 e. The lowest BCUT2D eigenvalue weighted by atomic mass is 10.1. The molecular weight excluding hydrogens is 377 g/mol. The van der Waals surface area contributed by atoms with Gasteiger partial charge >= 0.3 is 6.03 Å². The minimum atomic E-state index is -0.423. The van der Waals surface area contributed by atoms with E-state index in [4.69, 9.17) is 0 Å². The molecule has 7 heteroatoms. The van der Waals surface area contributed by atoms with Crippen molar-refractivity contribution < 1.29 is 14.0 Å². The number of hydrogen-bond acceptors (Lipinski definition) is 3. The SMILES string of the molecule is CC(c1ccccc1F)N(C)C(=O)c1ccc(NC(=O)Nc2ccccc2)s1. The number of para-hydroxylation sites is 1. The Kier molecular flexibility index (Phi) is 6.06. The Morgan fingerprint density at radius 1 is 0.964 bits per heavy atom. The molecule has 3 aromatic rings. The quantitative estimate of drug-likeness (QED) is 0.608. The van der Waals surface area contributed by atoms with Gasteiger partial charge in [-0.3, -0.25) is 10.1 Å². The highest BCUT2D eigenvalue weighted by Gasteiger charge is 2.22. The number of halogens is 1. The molecule has 1 heterocycles. The zero-order valence-electron chi connectivity index (χ0n) is 15.5. The van der Waals surface area contributed by atoms with Gasteiger partial charge in [0.05, 0.1) is 15.9 Å². The maximum atomic E-state index is 14.0. The van der Waals surface area contributed by atoms with Crippen LogP contribution in [-0.4, -0.2) is 23.9 Å². The first-order valence-corrected chi connectivity index (χ1v) is 9.52. The standard InChI is InChI=1S/C21H20FN3O2S/c1-14(16-10-6-7-11-17(16)22)25(2)20(26)18-12-13-19(28-18)24-21(27)23-15-8-4-3-5-9-15/h3-14H,1-2H3,(H2,23,24,27). The van der Waals surface area contributed by atoms with Gasteiger partial charge in [0.25, 0.3) is 5.91 Å². The Labute approximate surface area is 166 Å². The van der Waals surface area contributed by atoms with Crippen LogP contribution in [0.4, 0.5) is 19.9 Å². The Morgan fingerprint density at radius 3 is 2.36 bits per heavy atom. The van der Waals surface area contributed by atoms with E-state index in [0.717, 1.165) is 0 Å². The number of benzene rings is 2. The first-order chi connectivity index (χ1) is 13.5. The molecule has 144 valence electrons. The third-order valence-corrected chi connectivity index (χ3v) is 5.33. The molecule has 1 unspecified atom stereocenters. The average Bonchev–Trinajstić information content (AvgIpc) is 3.15. The fraction of sp³-hybridized carbons (Fsp3) is 0.143. The van der Waals surface area contributed by atoms with Crippen molar-refractivity contribution in [3.63, 3.8) is 0 Å². The molecule has 28 heavy (non-hydrogen) atoms. The second-order valence-electron chi connectivity index (χ2n) is 6.22. The molecule has 1 aromatic heterocycles. The van der Waals surface area contributed by atoms with Crippen LogP contribution in [0.3, 0.4) is 0 Å². The molecule has 5 nitrogen and oxygen atoms in total. The zero-order chi connectivity index (χ0) is 20.1. The van der Waals surface area contributed by atoms with Crippen LogP contribution in [0.5, 0.6) is 0 Å². The van der Waals surface area contributed by atoms with Gasteiger partial charge in [-0.15, -0.1) is 11.3 Å². The molecule has 0 aliphatic carbocycles. The molecule has 1 atom stereocenters. The Morgan fingerprint density at radius 2 is 1.64 bits per heavy atom. The zero-order valence-corrected chi connectivity index (χ0v) is 16.3. The van der Waals surface area contributed by atoms with E-state index in [9.17, 15) is 14.0 Å². The molecule has 0 aliphatic rings. The number of amides is 3. The van der Waals surface area contributed by atoms with Crippen molar-refractivity contribution in [2.45, 2.75) is 13.0 Å². The number of nitrogens with one attached hydrogen (secondary N) is 2. The van der Waals surface area contributed by atoms with Crippen molar-refractivity contribution in [1.82, 2.24) is 4.90 Å². The van der Waals surface area contributed by atoms with Crippen molar-refractivity contribution >= 4 is 34.0 Å². The molecule has 0 radical (unpaired) electrons. The number of carbonyl (C=O) groups excluding carboxylic acids is 2. The molecule has 0 fully saturated rings. The Balaban J connectivity index is 1.65. The lowest BCUT2D eigenvalue weighted by Gasteiger charge is -2.25. The monoisotopic (exact) mass is 397 g/mol. The highest BCUT2D eigenvalue weighted by Crippen LogP contribution is 2.27. The van der Waals surface area contributed by atoms with Crippen LogP contribution in [0.25, 0.3) is 0 Å². The van der Waals surface area contributed by atoms with E-state index in [2.05, 4.69) is 10.6 Å². The van der Waals surface area contributed by atoms with E-state index in [1.54, 1.807) is 56.4 Å². The summed E-state index contributed by atoms with van der Waals surface area (Å²) in [4.78, 5) is 26.8. The van der Waals surface area contributed by atoms with Gasteiger partial charge < -0.3 is 10.2 Å². The summed E-state index contributed by atoms with van der Waals surface area (Å²) < 4.78 is 14.0. The second-order valence-corrected chi connectivity index (χ2v) is 7.31. The van der Waals surface area contributed by atoms with Gasteiger partial charge in [-0.1, -0.05) is 36.4 Å². The molecule has 0 bridgehead atoms. The molecule has 0 saturated heterocycles. The summed E-state index contributed by atoms with van der Waals surface area (Å²) in [5, 5.41) is 5.97. The minimum absolute atomic E-state index is 0.239. The third kappa shape index (κ3) is 4.55. The maximum Gasteiger partial charge on any atom is 0.324 e. The van der Waals surface area contributed by atoms with Gasteiger partial charge in [-0.05, 0) is 37.3 Å². The average molecular weight is 397 g/mol. The normalized spacial score (nSPS) is 11.5. The maximum absolute atomic E-state index is 14.0. The second kappa shape index (κ2) is 8.67. The van der Waals surface area contributed by atoms with E-state index in [1.807, 2.05) is 18.2 Å². The number of carbonyl (C=O) groups is 2. The molecule has 3 amide bonds. The molecule has 0 spiro atoms. The number of nitrogens with zero attached hydrogens (tertiary/aromatic N) is 1. The van der Waals surface area contributed by atoms with Gasteiger partial charge in [0.1, 0.15) is 5.82 Å². The van der Waals surface area contributed by atoms with Crippen LogP contribution < -0.4 is 10.6 Å². The number of rotatable bonds is 5. The van der Waals surface area contributed by atoms with Gasteiger partial charge in [-0.25, -0.2) is 9.18 Å². The van der Waals surface area contributed by atoms with Crippen LogP contribution in [0, 0.1) is 5.82 Å². The van der Waals surface area contributed by atoms with Crippen molar-refractivity contribution in [1.29, 1.82) is 0 Å². The predicted molar refractivity (Wildman–Crippen MR) is 110 cm³/mol. The van der Waals surface area contributed by atoms with E-state index in [-0.39, 0.29) is 17.8 Å². The lowest BCUT2D eigenvalue weighted by Crippen LogP contribution is -2.29. The van der Waals surface area contributed by atoms with Gasteiger partial charge in [0, 0.05) is 18.3 Å². The van der Waals surface area contributed by atoms with E-state index >= 15 is 0 Å². The summed E-state index contributed by atoms with van der Waals surface area (Å²) in [6.45, 7) is 1.77. The highest BCUT2D eigenvalue weighted by molar-refractivity contribution is 7.18. The van der Waals surface area contributed by atoms with Crippen molar-refractivity contribution in [2.75, 3.05) is 17.7 Å². The molecule has 0 saturated carbocycles. The summed E-state index contributed by atoms with van der Waals surface area (Å²) >= 11 is 1.17. The first kappa shape index (κ1) is 19.6. The number of hydrogen-bond donors (Lipinski definition) is 2. The smallest absolute Gasteiger partial charge is 0.324 e. The predicted octanol–water partition coefficient (Wildman–Crippen LogP) is 5.36. The van der Waals surface area contributed by atoms with Crippen LogP contribution in [0.15, 0.2) is 66.7 Å². The Hall–Kier alpha value is -3.19. The van der Waals surface area contributed by atoms with Gasteiger partial charge in [0.2, 0.25) is 0 Å². The molecular formula is C21H20FN3O2S. The first-order valence-electron chi connectivity index (χ1n) is 8.70. The third-order valence-electron chi connectivity index (χ3n) is 4.34. The number of urea groups is 1. The Bertz CT molecular complexity index is 975. The fourth-order valence-electron chi connectivity index (χ4n) is 2.69. The minimum Gasteiger partial charge on any atom is -0.334 e. The fourth-order valence-corrected chi connectivity index (χ4v) is 3.57. The van der Waals surface area contributed by atoms with Crippen molar-refractivity contribution in [2.24, 2.45) is 0 Å². The van der Waals surface area contributed by atoms with Crippen LogP contribution in [0.1, 0.15) is 28.2 Å². The molecule has 2 aromatic carbocycles. The molecule has 0 aliphatic heterocycles. The van der Waals surface area contributed by atoms with E-state index < -0.39 is 6.04 Å². The van der Waals surface area contributed by atoms with Crippen LogP contribution in [0.2, 0.25) is 0 Å². The number of thiophene rings is 1. The van der Waals surface area contributed by atoms with Crippen LogP contribution in [-0.2, 0) is 0 Å². The topological polar surface area (TPSA) is 61.4 Å². The van der Waals surface area contributed by atoms with Gasteiger partial charge in [0.15, 0.2) is 0 Å². The summed E-state index contributed by atoms with van der Waals surface area (Å²) in [6, 6.07) is 18.0. The number of anilines is 2. The van der Waals surface area contributed by atoms with Crippen LogP contribution >= 0.6 is 11.3 Å². The van der Waals surface area contributed by atoms with Crippen molar-refractivity contribution in [3.05, 3.63) is 83.0 Å². The summed E-state index contributed by atoms with van der Waals surface area (Å²) in [5.74, 6) is -0.585. The van der Waals surface area contributed by atoms with E-state index in [1.165, 1.54) is 22.3 Å². The van der Waals surface area contributed by atoms with E-state index in [0.29, 0.717) is 21.1 Å². The molecule has 3 rings (SSSR count). The van der Waals surface area contributed by atoms with Crippen molar-refractivity contribution in [3.8, 4) is 0 Å². The lowest BCUT2D eigenvalue weighted by molar-refractivity contribution is 0.0745. The highest BCUT2D eigenvalue weighted by atomic mass is 32.1. The summed E-state index contributed by atoms with van der Waals surface area (Å²) in [5.41, 5.74) is 1.13. The summed E-state index contributed by atoms with van der Waals surface area (Å²) in [6.07, 6.45) is 0.